The van der Waals surface area contributed by atoms with Gasteiger partial charge in [0.2, 0.25) is 0 Å². The van der Waals surface area contributed by atoms with Crippen LogP contribution in [-0.2, 0) is 5.41 Å². The largest absolute Gasteiger partial charge is 0.497 e. The van der Waals surface area contributed by atoms with Gasteiger partial charge in [-0.25, -0.2) is 0 Å². The zero-order valence-electron chi connectivity index (χ0n) is 15.9. The van der Waals surface area contributed by atoms with Gasteiger partial charge in [0.05, 0.1) is 7.11 Å². The van der Waals surface area contributed by atoms with Crippen molar-refractivity contribution in [3.8, 4) is 5.75 Å². The molecule has 3 heteroatoms. The summed E-state index contributed by atoms with van der Waals surface area (Å²) in [5.41, 5.74) is 3.36. The average molecular weight is 361 g/mol. The normalized spacial score (nSPS) is 30.9. The molecule has 140 valence electrons. The van der Waals surface area contributed by atoms with E-state index in [0.717, 1.165) is 23.4 Å². The number of benzene rings is 2. The first-order chi connectivity index (χ1) is 13.1. The second-order valence-electron chi connectivity index (χ2n) is 8.96. The first kappa shape index (κ1) is 16.9. The number of anilines is 1. The number of ether oxygens (including phenoxy) is 1. The summed E-state index contributed by atoms with van der Waals surface area (Å²) < 4.78 is 5.21. The number of amides is 1. The molecular formula is C24H27NO2. The van der Waals surface area contributed by atoms with E-state index in [1.54, 1.807) is 13.2 Å². The van der Waals surface area contributed by atoms with E-state index in [1.807, 2.05) is 18.2 Å². The molecule has 3 nitrogen and oxygen atoms in total. The molecule has 0 aromatic heterocycles. The first-order valence-corrected chi connectivity index (χ1v) is 10.2. The van der Waals surface area contributed by atoms with Crippen molar-refractivity contribution in [1.82, 2.24) is 0 Å². The summed E-state index contributed by atoms with van der Waals surface area (Å²) in [6.07, 6.45) is 8.51. The lowest BCUT2D eigenvalue weighted by Crippen LogP contribution is -2.48. The van der Waals surface area contributed by atoms with Gasteiger partial charge in [0.15, 0.2) is 0 Å². The van der Waals surface area contributed by atoms with Crippen LogP contribution in [0.4, 0.5) is 5.69 Å². The van der Waals surface area contributed by atoms with Gasteiger partial charge >= 0.3 is 0 Å². The van der Waals surface area contributed by atoms with E-state index in [4.69, 9.17) is 4.74 Å². The molecule has 0 unspecified atom stereocenters. The van der Waals surface area contributed by atoms with Crippen molar-refractivity contribution in [1.29, 1.82) is 0 Å². The second kappa shape index (κ2) is 6.40. The lowest BCUT2D eigenvalue weighted by Gasteiger charge is -2.57. The topological polar surface area (TPSA) is 38.3 Å². The van der Waals surface area contributed by atoms with Gasteiger partial charge in [0.1, 0.15) is 5.75 Å². The Morgan fingerprint density at radius 1 is 0.963 bits per heavy atom. The van der Waals surface area contributed by atoms with Gasteiger partial charge < -0.3 is 10.1 Å². The lowest BCUT2D eigenvalue weighted by atomic mass is 9.48. The van der Waals surface area contributed by atoms with Crippen LogP contribution in [0, 0.1) is 17.8 Å². The second-order valence-corrected chi connectivity index (χ2v) is 8.96. The Labute approximate surface area is 161 Å². The average Bonchev–Trinajstić information content (AvgIpc) is 2.67. The fraction of sp³-hybridized carbons (Fsp3) is 0.458. The van der Waals surface area contributed by atoms with Crippen molar-refractivity contribution in [2.24, 2.45) is 17.8 Å². The van der Waals surface area contributed by atoms with Crippen molar-refractivity contribution in [3.05, 3.63) is 59.7 Å². The Morgan fingerprint density at radius 2 is 1.59 bits per heavy atom. The number of hydrogen-bond donors (Lipinski definition) is 1. The Balaban J connectivity index is 1.33. The van der Waals surface area contributed by atoms with Crippen LogP contribution in [0.5, 0.6) is 5.75 Å². The maximum atomic E-state index is 12.5. The molecule has 4 bridgehead atoms. The molecule has 4 fully saturated rings. The molecule has 0 spiro atoms. The van der Waals surface area contributed by atoms with Crippen LogP contribution in [0.3, 0.4) is 0 Å². The molecular weight excluding hydrogens is 334 g/mol. The maximum Gasteiger partial charge on any atom is 0.255 e. The summed E-state index contributed by atoms with van der Waals surface area (Å²) >= 11 is 0. The Morgan fingerprint density at radius 3 is 2.19 bits per heavy atom. The van der Waals surface area contributed by atoms with Crippen LogP contribution in [0.15, 0.2) is 48.5 Å². The van der Waals surface area contributed by atoms with Crippen LogP contribution < -0.4 is 10.1 Å². The Hall–Kier alpha value is -2.29. The zero-order chi connectivity index (χ0) is 18.4. The molecule has 0 saturated heterocycles. The van der Waals surface area contributed by atoms with Gasteiger partial charge in [0, 0.05) is 11.3 Å². The minimum Gasteiger partial charge on any atom is -0.497 e. The predicted octanol–water partition coefficient (Wildman–Crippen LogP) is 5.42. The quantitative estimate of drug-likeness (QED) is 0.790. The van der Waals surface area contributed by atoms with Gasteiger partial charge in [-0.2, -0.15) is 0 Å². The summed E-state index contributed by atoms with van der Waals surface area (Å²) in [6, 6.07) is 15.9. The minimum absolute atomic E-state index is 0.101. The van der Waals surface area contributed by atoms with Crippen molar-refractivity contribution in [2.45, 2.75) is 43.9 Å². The molecule has 4 aliphatic rings. The molecule has 4 saturated carbocycles. The predicted molar refractivity (Wildman–Crippen MR) is 107 cm³/mol. The third-order valence-electron chi connectivity index (χ3n) is 7.13. The van der Waals surface area contributed by atoms with Crippen molar-refractivity contribution < 1.29 is 9.53 Å². The molecule has 0 radical (unpaired) electrons. The number of rotatable bonds is 4. The van der Waals surface area contributed by atoms with E-state index >= 15 is 0 Å². The number of carbonyl (C=O) groups excluding carboxylic acids is 1. The lowest BCUT2D eigenvalue weighted by molar-refractivity contribution is -0.00518. The van der Waals surface area contributed by atoms with Crippen LogP contribution in [0.1, 0.15) is 54.4 Å². The van der Waals surface area contributed by atoms with Crippen LogP contribution in [-0.4, -0.2) is 13.0 Å². The molecule has 2 aromatic rings. The molecule has 4 aliphatic carbocycles. The van der Waals surface area contributed by atoms with Crippen molar-refractivity contribution in [3.63, 3.8) is 0 Å². The molecule has 27 heavy (non-hydrogen) atoms. The molecule has 1 amide bonds. The highest BCUT2D eigenvalue weighted by Gasteiger charge is 2.51. The first-order valence-electron chi connectivity index (χ1n) is 10.2. The summed E-state index contributed by atoms with van der Waals surface area (Å²) in [5, 5.41) is 3.02. The molecule has 1 N–H and O–H groups in total. The molecule has 2 aromatic carbocycles. The van der Waals surface area contributed by atoms with E-state index in [9.17, 15) is 4.79 Å². The van der Waals surface area contributed by atoms with Crippen LogP contribution in [0.25, 0.3) is 0 Å². The van der Waals surface area contributed by atoms with E-state index < -0.39 is 0 Å². The Bertz CT molecular complexity index is 820. The summed E-state index contributed by atoms with van der Waals surface area (Å²) in [6.45, 7) is 0. The van der Waals surface area contributed by atoms with E-state index in [1.165, 1.54) is 44.1 Å². The third kappa shape index (κ3) is 3.03. The summed E-state index contributed by atoms with van der Waals surface area (Å²) in [5.74, 6) is 3.44. The van der Waals surface area contributed by atoms with E-state index in [-0.39, 0.29) is 5.91 Å². The standard InChI is InChI=1S/C24H27NO2/c1-27-22-4-2-3-19(12-22)23(26)25-21-7-5-20(6-8-21)24-13-16-9-17(14-24)11-18(10-16)15-24/h2-8,12,16-18H,9-11,13-15H2,1H3,(H,25,26). The van der Waals surface area contributed by atoms with Crippen LogP contribution in [0.2, 0.25) is 0 Å². The van der Waals surface area contributed by atoms with Gasteiger partial charge in [-0.3, -0.25) is 4.79 Å². The molecule has 0 aliphatic heterocycles. The summed E-state index contributed by atoms with van der Waals surface area (Å²) in [7, 11) is 1.61. The zero-order valence-corrected chi connectivity index (χ0v) is 15.9. The number of nitrogens with one attached hydrogen (secondary N) is 1. The fourth-order valence-corrected chi connectivity index (χ4v) is 6.34. The highest BCUT2D eigenvalue weighted by Crippen LogP contribution is 2.60. The number of methoxy groups -OCH3 is 1. The van der Waals surface area contributed by atoms with Crippen LogP contribution >= 0.6 is 0 Å². The molecule has 0 atom stereocenters. The number of carbonyl (C=O) groups is 1. The highest BCUT2D eigenvalue weighted by atomic mass is 16.5. The van der Waals surface area contributed by atoms with Crippen molar-refractivity contribution in [2.75, 3.05) is 12.4 Å². The molecule has 0 heterocycles. The van der Waals surface area contributed by atoms with Crippen molar-refractivity contribution >= 4 is 11.6 Å². The smallest absolute Gasteiger partial charge is 0.255 e. The monoisotopic (exact) mass is 361 g/mol. The van der Waals surface area contributed by atoms with Gasteiger partial charge in [-0.05, 0) is 97.6 Å². The van der Waals surface area contributed by atoms with Gasteiger partial charge in [0.25, 0.3) is 5.91 Å². The summed E-state index contributed by atoms with van der Waals surface area (Å²) in [4.78, 5) is 12.5. The van der Waals surface area contributed by atoms with E-state index in [2.05, 4.69) is 29.6 Å². The van der Waals surface area contributed by atoms with Gasteiger partial charge in [-0.15, -0.1) is 0 Å². The SMILES string of the molecule is COc1cccc(C(=O)Nc2ccc(C34CC5CC(CC(C5)C3)C4)cc2)c1. The third-order valence-corrected chi connectivity index (χ3v) is 7.13. The maximum absolute atomic E-state index is 12.5. The highest BCUT2D eigenvalue weighted by molar-refractivity contribution is 6.04. The Kier molecular flexibility index (Phi) is 3.99. The fourth-order valence-electron chi connectivity index (χ4n) is 6.34. The number of hydrogen-bond acceptors (Lipinski definition) is 2. The van der Waals surface area contributed by atoms with E-state index in [0.29, 0.717) is 16.7 Å². The minimum atomic E-state index is -0.101. The molecule has 6 rings (SSSR count). The van der Waals surface area contributed by atoms with Gasteiger partial charge in [-0.1, -0.05) is 18.2 Å².